The topological polar surface area (TPSA) is 12.4 Å². The maximum atomic E-state index is 5.08. The molecule has 0 amide bonds. The average Bonchev–Trinajstić information content (AvgIpc) is 3.07. The Morgan fingerprint density at radius 1 is 1.17 bits per heavy atom. The van der Waals surface area contributed by atoms with E-state index >= 15 is 0 Å². The normalized spacial score (nSPS) is 21.3. The van der Waals surface area contributed by atoms with Crippen molar-refractivity contribution in [1.29, 1.82) is 0 Å². The summed E-state index contributed by atoms with van der Waals surface area (Å²) in [6.07, 6.45) is 18.4. The van der Waals surface area contributed by atoms with E-state index in [9.17, 15) is 0 Å². The third-order valence-corrected chi connectivity index (χ3v) is 5.22. The second-order valence-electron chi connectivity index (χ2n) is 7.71. The Balaban J connectivity index is 1.98. The molecule has 0 N–H and O–H groups in total. The quantitative estimate of drug-likeness (QED) is 0.468. The first kappa shape index (κ1) is 18.3. The van der Waals surface area contributed by atoms with Crippen molar-refractivity contribution in [2.45, 2.75) is 91.4 Å². The van der Waals surface area contributed by atoms with Gasteiger partial charge in [0.25, 0.3) is 0 Å². The van der Waals surface area contributed by atoms with Crippen molar-refractivity contribution in [3.05, 3.63) is 29.2 Å². The molecule has 1 nitrogen and oxygen atoms in total. The average molecular weight is 314 g/mol. The molecule has 2 fully saturated rings. The van der Waals surface area contributed by atoms with Crippen LogP contribution in [0.2, 0.25) is 0 Å². The smallest absolute Gasteiger partial charge is 0.0697 e. The van der Waals surface area contributed by atoms with Gasteiger partial charge in [-0.2, -0.15) is 0 Å². The molecule has 2 saturated carbocycles. The first-order valence-electron chi connectivity index (χ1n) is 9.88. The minimum absolute atomic E-state index is 0.847. The zero-order valence-corrected chi connectivity index (χ0v) is 15.5. The second-order valence-corrected chi connectivity index (χ2v) is 7.71. The highest BCUT2D eigenvalue weighted by atomic mass is 14.8. The molecular formula is C22H35N. The van der Waals surface area contributed by atoms with Crippen molar-refractivity contribution >= 4 is 5.71 Å². The summed E-state index contributed by atoms with van der Waals surface area (Å²) in [5, 5.41) is 0. The fourth-order valence-electron chi connectivity index (χ4n) is 3.68. The lowest BCUT2D eigenvalue weighted by atomic mass is 9.83. The number of hydrogen-bond acceptors (Lipinski definition) is 1. The summed E-state index contributed by atoms with van der Waals surface area (Å²) in [5.41, 5.74) is 7.57. The third-order valence-electron chi connectivity index (χ3n) is 5.22. The molecule has 23 heavy (non-hydrogen) atoms. The molecule has 2 aliphatic rings. The van der Waals surface area contributed by atoms with Crippen molar-refractivity contribution in [3.8, 4) is 0 Å². The van der Waals surface area contributed by atoms with Crippen LogP contribution in [0.5, 0.6) is 0 Å². The summed E-state index contributed by atoms with van der Waals surface area (Å²) in [4.78, 5) is 5.08. The van der Waals surface area contributed by atoms with E-state index in [1.807, 2.05) is 0 Å². The van der Waals surface area contributed by atoms with Crippen LogP contribution in [0.15, 0.2) is 34.1 Å². The molecule has 0 aliphatic heterocycles. The van der Waals surface area contributed by atoms with Gasteiger partial charge in [-0.05, 0) is 81.3 Å². The molecule has 0 radical (unpaired) electrons. The van der Waals surface area contributed by atoms with E-state index in [0.29, 0.717) is 0 Å². The number of aliphatic imine (C=N–C) groups is 1. The van der Waals surface area contributed by atoms with Gasteiger partial charge >= 0.3 is 0 Å². The van der Waals surface area contributed by atoms with Gasteiger partial charge in [0.1, 0.15) is 0 Å². The number of rotatable bonds is 6. The zero-order valence-electron chi connectivity index (χ0n) is 15.5. The summed E-state index contributed by atoms with van der Waals surface area (Å²) in [6, 6.07) is 0. The summed E-state index contributed by atoms with van der Waals surface area (Å²) in [7, 11) is 0. The molecule has 0 bridgehead atoms. The van der Waals surface area contributed by atoms with Crippen LogP contribution in [0, 0.1) is 11.8 Å². The summed E-state index contributed by atoms with van der Waals surface area (Å²) in [5.74, 6) is 1.79. The number of nitrogens with zero attached hydrogens (tertiary/aromatic N) is 1. The molecule has 2 aliphatic carbocycles. The van der Waals surface area contributed by atoms with Crippen LogP contribution >= 0.6 is 0 Å². The summed E-state index contributed by atoms with van der Waals surface area (Å²) < 4.78 is 0. The van der Waals surface area contributed by atoms with Gasteiger partial charge in [-0.25, -0.2) is 0 Å². The monoisotopic (exact) mass is 313 g/mol. The van der Waals surface area contributed by atoms with E-state index in [1.165, 1.54) is 75.6 Å². The lowest BCUT2D eigenvalue weighted by molar-refractivity contribution is 0.373. The molecule has 0 unspecified atom stereocenters. The van der Waals surface area contributed by atoms with Crippen molar-refractivity contribution in [3.63, 3.8) is 0 Å². The van der Waals surface area contributed by atoms with E-state index in [2.05, 4.69) is 38.7 Å². The van der Waals surface area contributed by atoms with E-state index in [0.717, 1.165) is 18.3 Å². The Bertz CT molecular complexity index is 468. The largest absolute Gasteiger partial charge is 0.257 e. The maximum Gasteiger partial charge on any atom is 0.0697 e. The standard InChI is InChI=1S/C22H35N/c1-4-5-6-11-22(20-9-7-8-10-20)23-21-16-14-19(15-17-21)13-12-18(2)3/h5,11,18-19H,4,7-10,12-17H2,1-3H3. The second kappa shape index (κ2) is 9.93. The molecule has 0 heterocycles. The first-order chi connectivity index (χ1) is 11.2. The first-order valence-corrected chi connectivity index (χ1v) is 9.88. The Morgan fingerprint density at radius 3 is 2.48 bits per heavy atom. The van der Waals surface area contributed by atoms with Crippen LogP contribution in [-0.4, -0.2) is 5.71 Å². The number of allylic oxidation sites excluding steroid dienone is 2. The van der Waals surface area contributed by atoms with Crippen LogP contribution in [-0.2, 0) is 0 Å². The highest BCUT2D eigenvalue weighted by Crippen LogP contribution is 2.31. The van der Waals surface area contributed by atoms with Gasteiger partial charge in [0, 0.05) is 11.8 Å². The highest BCUT2D eigenvalue weighted by molar-refractivity contribution is 5.86. The molecular weight excluding hydrogens is 278 g/mol. The fraction of sp³-hybridized carbons (Fsp3) is 0.727. The van der Waals surface area contributed by atoms with E-state index < -0.39 is 0 Å². The van der Waals surface area contributed by atoms with E-state index in [-0.39, 0.29) is 0 Å². The van der Waals surface area contributed by atoms with Gasteiger partial charge in [-0.15, -0.1) is 5.73 Å². The Kier molecular flexibility index (Phi) is 7.89. The van der Waals surface area contributed by atoms with Crippen molar-refractivity contribution < 1.29 is 0 Å². The molecule has 0 atom stereocenters. The van der Waals surface area contributed by atoms with E-state index in [1.54, 1.807) is 5.57 Å². The van der Waals surface area contributed by atoms with Crippen molar-refractivity contribution in [2.75, 3.05) is 0 Å². The molecule has 0 aromatic heterocycles. The van der Waals surface area contributed by atoms with Crippen LogP contribution in [0.3, 0.4) is 0 Å². The van der Waals surface area contributed by atoms with Crippen molar-refractivity contribution in [1.82, 2.24) is 0 Å². The summed E-state index contributed by atoms with van der Waals surface area (Å²) >= 11 is 0. The number of hydrogen-bond donors (Lipinski definition) is 0. The van der Waals surface area contributed by atoms with Crippen LogP contribution in [0.4, 0.5) is 0 Å². The summed E-state index contributed by atoms with van der Waals surface area (Å²) in [6.45, 7) is 6.84. The van der Waals surface area contributed by atoms with Crippen molar-refractivity contribution in [2.24, 2.45) is 16.8 Å². The predicted octanol–water partition coefficient (Wildman–Crippen LogP) is 7.00. The molecule has 0 spiro atoms. The molecule has 0 aromatic carbocycles. The Hall–Kier alpha value is -1.07. The van der Waals surface area contributed by atoms with Gasteiger partial charge in [0.15, 0.2) is 0 Å². The van der Waals surface area contributed by atoms with Gasteiger partial charge in [-0.1, -0.05) is 33.6 Å². The minimum Gasteiger partial charge on any atom is -0.257 e. The van der Waals surface area contributed by atoms with Crippen LogP contribution < -0.4 is 0 Å². The SMILES string of the molecule is CCC=C=CC(N=C1CCC(CCC(C)C)CC1)=C1CCCC1. The van der Waals surface area contributed by atoms with Gasteiger partial charge in [0.2, 0.25) is 0 Å². The van der Waals surface area contributed by atoms with Gasteiger partial charge < -0.3 is 0 Å². The molecule has 1 heteroatoms. The fourth-order valence-corrected chi connectivity index (χ4v) is 3.68. The molecule has 0 aromatic rings. The van der Waals surface area contributed by atoms with E-state index in [4.69, 9.17) is 4.99 Å². The third kappa shape index (κ3) is 6.51. The Labute approximate surface area is 143 Å². The Morgan fingerprint density at radius 2 is 1.87 bits per heavy atom. The molecule has 2 rings (SSSR count). The predicted molar refractivity (Wildman–Crippen MR) is 102 cm³/mol. The van der Waals surface area contributed by atoms with Gasteiger partial charge in [0.05, 0.1) is 5.70 Å². The molecule has 128 valence electrons. The lowest BCUT2D eigenvalue weighted by Gasteiger charge is -2.24. The maximum absolute atomic E-state index is 5.08. The van der Waals surface area contributed by atoms with Crippen LogP contribution in [0.25, 0.3) is 0 Å². The lowest BCUT2D eigenvalue weighted by Crippen LogP contribution is -2.15. The zero-order chi connectivity index (χ0) is 16.5. The highest BCUT2D eigenvalue weighted by Gasteiger charge is 2.18. The van der Waals surface area contributed by atoms with Crippen LogP contribution in [0.1, 0.15) is 91.4 Å². The molecule has 0 saturated heterocycles. The van der Waals surface area contributed by atoms with Gasteiger partial charge in [-0.3, -0.25) is 4.99 Å². The minimum atomic E-state index is 0.847.